The number of aliphatic hydroxyl groups is 15. The van der Waals surface area contributed by atoms with E-state index in [1.54, 1.807) is 0 Å². The molecule has 5 saturated heterocycles. The summed E-state index contributed by atoms with van der Waals surface area (Å²) >= 11 is 0. The molecule has 18 N–H and O–H groups in total. The number of amides is 2. The summed E-state index contributed by atoms with van der Waals surface area (Å²) in [4.78, 5) is 37.9. The quantitative estimate of drug-likeness (QED) is 0.0643. The minimum Gasteiger partial charge on any atom is -0.477 e. The van der Waals surface area contributed by atoms with Crippen molar-refractivity contribution in [3.63, 3.8) is 0 Å². The Hall–Kier alpha value is -2.55. The average Bonchev–Trinajstić information content (AvgIpc) is 3.28. The summed E-state index contributed by atoms with van der Waals surface area (Å²) < 4.78 is 51.7. The maximum absolute atomic E-state index is 13.0. The van der Waals surface area contributed by atoms with E-state index in [1.807, 2.05) is 0 Å². The zero-order chi connectivity index (χ0) is 50.0. The topological polar surface area (TPSA) is 482 Å². The molecule has 5 heterocycles. The molecule has 388 valence electrons. The van der Waals surface area contributed by atoms with E-state index in [4.69, 9.17) is 42.6 Å². The third-order valence-corrected chi connectivity index (χ3v) is 12.1. The van der Waals surface area contributed by atoms with Gasteiger partial charge in [0, 0.05) is 20.3 Å². The smallest absolute Gasteiger partial charge is 0.364 e. The monoisotopic (exact) mass is 982 g/mol. The Bertz CT molecular complexity index is 1640. The standard InChI is InChI=1S/C37H62N2O28/c1-9-19(48)23(52)24(53)34(59-9)64-29-18(39-11(3)45)33(65-30-21(50)14(6-41)60-32(56)25(30)54)62-16(8-43)27(29)63-35-26(55)31(22(51)15(7-42)61-35)67-37(36(57)58)4-12(46)17(38-10(2)44)28(66-37)20(49)13(47)5-40/h9,12-35,40-43,46-56H,4-8H2,1-3H3,(H,38,44)(H,39,45)(H,57,58)/t9-,12+,13-,14-,15-,16-,17-,18-,19-,20-,21+,22+,23-,24+,25-,26-,27-,28-,29-,30+,31+,32-,33+,34+,35+,37+/m1/s1. The highest BCUT2D eigenvalue weighted by molar-refractivity contribution is 5.76. The molecular formula is C37H62N2O28. The van der Waals surface area contributed by atoms with Crippen LogP contribution in [0.1, 0.15) is 27.2 Å². The molecule has 5 aliphatic heterocycles. The van der Waals surface area contributed by atoms with E-state index in [2.05, 4.69) is 10.6 Å². The molecular weight excluding hydrogens is 920 g/mol. The molecule has 5 rings (SSSR count). The van der Waals surface area contributed by atoms with Crippen molar-refractivity contribution in [2.75, 3.05) is 26.4 Å². The normalized spacial score (nSPS) is 47.1. The number of carbonyl (C=O) groups excluding carboxylic acids is 2. The van der Waals surface area contributed by atoms with Crippen LogP contribution in [0.2, 0.25) is 0 Å². The Morgan fingerprint density at radius 1 is 0.612 bits per heavy atom. The lowest BCUT2D eigenvalue weighted by atomic mass is 9.88. The first-order chi connectivity index (χ1) is 31.4. The van der Waals surface area contributed by atoms with Gasteiger partial charge in [0.2, 0.25) is 11.8 Å². The molecule has 5 aliphatic rings. The second-order valence-corrected chi connectivity index (χ2v) is 16.8. The Labute approximate surface area is 379 Å². The van der Waals surface area contributed by atoms with Gasteiger partial charge in [0.05, 0.1) is 44.7 Å². The number of aliphatic hydroxyl groups excluding tert-OH is 15. The van der Waals surface area contributed by atoms with Gasteiger partial charge in [-0.2, -0.15) is 0 Å². The Morgan fingerprint density at radius 3 is 1.70 bits per heavy atom. The maximum atomic E-state index is 13.0. The van der Waals surface area contributed by atoms with Crippen LogP contribution >= 0.6 is 0 Å². The highest BCUT2D eigenvalue weighted by Gasteiger charge is 2.61. The third-order valence-electron chi connectivity index (χ3n) is 12.1. The summed E-state index contributed by atoms with van der Waals surface area (Å²) in [5.74, 6) is -6.97. The number of carboxylic acid groups (broad SMARTS) is 1. The van der Waals surface area contributed by atoms with Crippen molar-refractivity contribution in [3.8, 4) is 0 Å². The SMILES string of the molecule is CC(=O)N[C@H]1[C@H](O[C@@H]2[C@@H](O)[C@H](O)O[C@H](CO)[C@@H]2O)O[C@H](CO)[C@@H](O[C@@H]2O[C@H](CO)[C@H](O)[C@H](O[C@]3(C(=O)O)C[C@H](O)[C@@H](NC(C)=O)[C@H]([C@H](O)[C@H](O)CO)O3)[C@H]2O)[C@@H]1O[C@@H]1O[C@H](C)[C@@H](O)[C@@H](O)[C@@H]1O. The summed E-state index contributed by atoms with van der Waals surface area (Å²) in [6, 6.07) is -3.47. The molecule has 0 aromatic heterocycles. The van der Waals surface area contributed by atoms with Crippen LogP contribution in [0.4, 0.5) is 0 Å². The van der Waals surface area contributed by atoms with Gasteiger partial charge in [-0.1, -0.05) is 0 Å². The fraction of sp³-hybridized carbons (Fsp3) is 0.919. The van der Waals surface area contributed by atoms with E-state index in [0.717, 1.165) is 13.8 Å². The van der Waals surface area contributed by atoms with Gasteiger partial charge < -0.3 is 135 Å². The van der Waals surface area contributed by atoms with E-state index in [1.165, 1.54) is 6.92 Å². The lowest BCUT2D eigenvalue weighted by Gasteiger charge is -2.52. The van der Waals surface area contributed by atoms with E-state index >= 15 is 0 Å². The summed E-state index contributed by atoms with van der Waals surface area (Å²) in [7, 11) is 0. The molecule has 0 unspecified atom stereocenters. The molecule has 30 nitrogen and oxygen atoms in total. The van der Waals surface area contributed by atoms with Gasteiger partial charge in [0.15, 0.2) is 25.2 Å². The number of nitrogens with one attached hydrogen (secondary N) is 2. The Morgan fingerprint density at radius 2 is 1.13 bits per heavy atom. The number of carbonyl (C=O) groups is 3. The molecule has 26 atom stereocenters. The largest absolute Gasteiger partial charge is 0.477 e. The van der Waals surface area contributed by atoms with E-state index in [0.29, 0.717) is 0 Å². The van der Waals surface area contributed by atoms with Crippen LogP contribution in [-0.2, 0) is 57.0 Å². The molecule has 5 fully saturated rings. The third kappa shape index (κ3) is 11.8. The zero-order valence-corrected chi connectivity index (χ0v) is 36.0. The van der Waals surface area contributed by atoms with Gasteiger partial charge in [-0.15, -0.1) is 0 Å². The van der Waals surface area contributed by atoms with Crippen molar-refractivity contribution >= 4 is 17.8 Å². The van der Waals surface area contributed by atoms with Gasteiger partial charge in [-0.3, -0.25) is 9.59 Å². The van der Waals surface area contributed by atoms with E-state index < -0.39 is 210 Å². The van der Waals surface area contributed by atoms with E-state index in [9.17, 15) is 96.1 Å². The van der Waals surface area contributed by atoms with Crippen LogP contribution in [0.5, 0.6) is 0 Å². The number of hydrogen-bond donors (Lipinski definition) is 18. The van der Waals surface area contributed by atoms with Crippen molar-refractivity contribution < 1.29 is 139 Å². The highest BCUT2D eigenvalue weighted by atomic mass is 16.8. The van der Waals surface area contributed by atoms with Crippen LogP contribution in [0.25, 0.3) is 0 Å². The molecule has 2 amide bonds. The molecule has 0 spiro atoms. The van der Waals surface area contributed by atoms with Gasteiger partial charge in [0.1, 0.15) is 110 Å². The van der Waals surface area contributed by atoms with Crippen molar-refractivity contribution in [2.24, 2.45) is 0 Å². The predicted molar refractivity (Wildman–Crippen MR) is 206 cm³/mol. The molecule has 0 aromatic carbocycles. The van der Waals surface area contributed by atoms with Gasteiger partial charge >= 0.3 is 5.97 Å². The number of carboxylic acids is 1. The van der Waals surface area contributed by atoms with Crippen molar-refractivity contribution in [1.82, 2.24) is 10.6 Å². The summed E-state index contributed by atoms with van der Waals surface area (Å²) in [6.45, 7) is -1.01. The predicted octanol–water partition coefficient (Wildman–Crippen LogP) is -11.4. The minimum atomic E-state index is -3.20. The van der Waals surface area contributed by atoms with Crippen LogP contribution in [0.3, 0.4) is 0 Å². The number of ether oxygens (including phenoxy) is 9. The summed E-state index contributed by atoms with van der Waals surface area (Å²) in [6.07, 6.45) is -46.7. The zero-order valence-electron chi connectivity index (χ0n) is 36.0. The lowest BCUT2D eigenvalue weighted by Crippen LogP contribution is -2.72. The van der Waals surface area contributed by atoms with Crippen LogP contribution in [-0.4, -0.2) is 285 Å². The van der Waals surface area contributed by atoms with Crippen LogP contribution in [0.15, 0.2) is 0 Å². The van der Waals surface area contributed by atoms with Gasteiger partial charge in [-0.05, 0) is 6.92 Å². The second-order valence-electron chi connectivity index (χ2n) is 16.8. The first-order valence-corrected chi connectivity index (χ1v) is 21.1. The minimum absolute atomic E-state index is 0.817. The Balaban J connectivity index is 1.55. The summed E-state index contributed by atoms with van der Waals surface area (Å²) in [5, 5.41) is 175. The number of rotatable bonds is 17. The molecule has 0 radical (unpaired) electrons. The van der Waals surface area contributed by atoms with Gasteiger partial charge in [0.25, 0.3) is 5.79 Å². The van der Waals surface area contributed by atoms with Gasteiger partial charge in [-0.25, -0.2) is 4.79 Å². The Kier molecular flexibility index (Phi) is 19.1. The molecule has 0 bridgehead atoms. The first-order valence-electron chi connectivity index (χ1n) is 21.1. The van der Waals surface area contributed by atoms with Crippen LogP contribution < -0.4 is 10.6 Å². The highest BCUT2D eigenvalue weighted by Crippen LogP contribution is 2.40. The molecule has 0 aliphatic carbocycles. The van der Waals surface area contributed by atoms with Crippen molar-refractivity contribution in [2.45, 2.75) is 186 Å². The first kappa shape index (κ1) is 55.4. The molecule has 67 heavy (non-hydrogen) atoms. The fourth-order valence-corrected chi connectivity index (χ4v) is 8.47. The number of hydrogen-bond acceptors (Lipinski definition) is 27. The molecule has 0 saturated carbocycles. The fourth-order valence-electron chi connectivity index (χ4n) is 8.47. The second kappa shape index (κ2) is 23.1. The van der Waals surface area contributed by atoms with Crippen molar-refractivity contribution in [1.29, 1.82) is 0 Å². The van der Waals surface area contributed by atoms with E-state index in [-0.39, 0.29) is 0 Å². The van der Waals surface area contributed by atoms with Crippen molar-refractivity contribution in [3.05, 3.63) is 0 Å². The molecule has 0 aromatic rings. The average molecular weight is 983 g/mol. The summed E-state index contributed by atoms with van der Waals surface area (Å²) in [5.41, 5.74) is 0. The number of aliphatic carboxylic acids is 1. The lowest BCUT2D eigenvalue weighted by molar-refractivity contribution is -0.396. The molecule has 30 heteroatoms. The maximum Gasteiger partial charge on any atom is 0.364 e. The van der Waals surface area contributed by atoms with Crippen LogP contribution in [0, 0.1) is 0 Å².